The van der Waals surface area contributed by atoms with Crippen LogP contribution in [-0.4, -0.2) is 25.5 Å². The molecule has 0 unspecified atom stereocenters. The number of hydrogen-bond acceptors (Lipinski definition) is 4. The number of halogens is 1. The van der Waals surface area contributed by atoms with E-state index >= 15 is 0 Å². The van der Waals surface area contributed by atoms with Gasteiger partial charge >= 0.3 is 0 Å². The first-order valence-corrected chi connectivity index (χ1v) is 7.94. The van der Waals surface area contributed by atoms with Crippen molar-refractivity contribution in [3.63, 3.8) is 0 Å². The molecule has 1 N–H and O–H groups in total. The van der Waals surface area contributed by atoms with E-state index in [0.29, 0.717) is 22.6 Å². The molecule has 0 radical (unpaired) electrons. The average molecular weight is 347 g/mol. The Morgan fingerprint density at radius 2 is 1.92 bits per heavy atom. The van der Waals surface area contributed by atoms with Crippen molar-refractivity contribution in [3.8, 4) is 11.5 Å². The Bertz CT molecular complexity index is 1090. The number of amides is 1. The van der Waals surface area contributed by atoms with Crippen molar-refractivity contribution in [2.45, 2.75) is 6.92 Å². The summed E-state index contributed by atoms with van der Waals surface area (Å²) < 4.78 is 15.0. The molecule has 0 bridgehead atoms. The second-order valence-electron chi connectivity index (χ2n) is 5.79. The lowest BCUT2D eigenvalue weighted by atomic mass is 10.2. The summed E-state index contributed by atoms with van der Waals surface area (Å²) >= 11 is 0. The number of carbonyl (C=O) groups excluding carboxylic acids is 1. The molecule has 0 spiro atoms. The summed E-state index contributed by atoms with van der Waals surface area (Å²) in [4.78, 5) is 25.1. The van der Waals surface area contributed by atoms with E-state index in [4.69, 9.17) is 0 Å². The predicted octanol–water partition coefficient (Wildman–Crippen LogP) is 3.32. The fraction of sp³-hybridized carbons (Fsp3) is 0.0526. The van der Waals surface area contributed by atoms with Gasteiger partial charge in [0, 0.05) is 30.2 Å². The van der Waals surface area contributed by atoms with E-state index in [1.54, 1.807) is 35.3 Å². The molecular weight excluding hydrogens is 333 g/mol. The second-order valence-corrected chi connectivity index (χ2v) is 5.79. The molecule has 0 atom stereocenters. The fourth-order valence-electron chi connectivity index (χ4n) is 2.71. The quantitative estimate of drug-likeness (QED) is 0.617. The van der Waals surface area contributed by atoms with Crippen LogP contribution in [0.25, 0.3) is 22.4 Å². The van der Waals surface area contributed by atoms with Crippen LogP contribution in [0.3, 0.4) is 0 Å². The predicted molar refractivity (Wildman–Crippen MR) is 95.6 cm³/mol. The number of rotatable bonds is 3. The standard InChI is InChI=1S/C19H14FN5O/c1-12-11-25(17-6-5-14(20)8-15(12)17)24-19(26)13-9-22-18(23-10-13)16-4-2-3-7-21-16/h2-11H,1H3,(H,24,26). The minimum Gasteiger partial charge on any atom is -0.267 e. The number of carbonyl (C=O) groups is 1. The Balaban J connectivity index is 1.59. The first kappa shape index (κ1) is 15.9. The molecule has 4 aromatic rings. The van der Waals surface area contributed by atoms with Gasteiger partial charge in [-0.2, -0.15) is 0 Å². The molecule has 0 aliphatic rings. The maximum atomic E-state index is 13.4. The number of fused-ring (bicyclic) bond motifs is 1. The van der Waals surface area contributed by atoms with Crippen molar-refractivity contribution in [2.24, 2.45) is 0 Å². The first-order chi connectivity index (χ1) is 12.6. The fourth-order valence-corrected chi connectivity index (χ4v) is 2.71. The van der Waals surface area contributed by atoms with Crippen molar-refractivity contribution in [2.75, 3.05) is 5.43 Å². The van der Waals surface area contributed by atoms with Gasteiger partial charge in [-0.15, -0.1) is 0 Å². The van der Waals surface area contributed by atoms with Gasteiger partial charge in [0.25, 0.3) is 5.91 Å². The van der Waals surface area contributed by atoms with Gasteiger partial charge in [0.15, 0.2) is 5.82 Å². The molecule has 0 aliphatic heterocycles. The highest BCUT2D eigenvalue weighted by atomic mass is 19.1. The highest BCUT2D eigenvalue weighted by Crippen LogP contribution is 2.21. The summed E-state index contributed by atoms with van der Waals surface area (Å²) in [7, 11) is 0. The zero-order chi connectivity index (χ0) is 18.1. The van der Waals surface area contributed by atoms with Crippen LogP contribution in [0.5, 0.6) is 0 Å². The molecule has 6 nitrogen and oxygen atoms in total. The monoisotopic (exact) mass is 347 g/mol. The van der Waals surface area contributed by atoms with Crippen molar-refractivity contribution >= 4 is 16.8 Å². The van der Waals surface area contributed by atoms with Gasteiger partial charge in [-0.1, -0.05) is 6.07 Å². The highest BCUT2D eigenvalue weighted by Gasteiger charge is 2.12. The van der Waals surface area contributed by atoms with E-state index in [0.717, 1.165) is 10.9 Å². The molecule has 128 valence electrons. The Morgan fingerprint density at radius 3 is 2.65 bits per heavy atom. The zero-order valence-corrected chi connectivity index (χ0v) is 13.8. The molecule has 26 heavy (non-hydrogen) atoms. The number of benzene rings is 1. The third-order valence-corrected chi connectivity index (χ3v) is 4.00. The number of nitrogens with zero attached hydrogens (tertiary/aromatic N) is 4. The van der Waals surface area contributed by atoms with Crippen LogP contribution in [-0.2, 0) is 0 Å². The smallest absolute Gasteiger partial charge is 0.267 e. The molecular formula is C19H14FN5O. The van der Waals surface area contributed by atoms with Gasteiger partial charge in [-0.05, 0) is 42.8 Å². The minimum atomic E-state index is -0.362. The number of aryl methyl sites for hydroxylation is 1. The van der Waals surface area contributed by atoms with E-state index in [-0.39, 0.29) is 11.7 Å². The van der Waals surface area contributed by atoms with Crippen LogP contribution >= 0.6 is 0 Å². The van der Waals surface area contributed by atoms with Crippen LogP contribution in [0.2, 0.25) is 0 Å². The molecule has 0 saturated heterocycles. The Kier molecular flexibility index (Phi) is 3.89. The molecule has 1 amide bonds. The third-order valence-electron chi connectivity index (χ3n) is 4.00. The van der Waals surface area contributed by atoms with Crippen LogP contribution < -0.4 is 5.43 Å². The summed E-state index contributed by atoms with van der Waals surface area (Å²) in [5, 5.41) is 0.743. The molecule has 0 saturated carbocycles. The number of hydrogen-bond donors (Lipinski definition) is 1. The van der Waals surface area contributed by atoms with Crippen molar-refractivity contribution < 1.29 is 9.18 Å². The molecule has 7 heteroatoms. The van der Waals surface area contributed by atoms with Gasteiger partial charge in [-0.25, -0.2) is 14.4 Å². The molecule has 1 aromatic carbocycles. The highest BCUT2D eigenvalue weighted by molar-refractivity contribution is 6.00. The Labute approximate surface area is 148 Å². The first-order valence-electron chi connectivity index (χ1n) is 7.94. The molecule has 3 aromatic heterocycles. The Morgan fingerprint density at radius 1 is 1.12 bits per heavy atom. The van der Waals surface area contributed by atoms with Crippen molar-refractivity contribution in [3.05, 3.63) is 78.1 Å². The largest absolute Gasteiger partial charge is 0.273 e. The number of pyridine rings is 1. The van der Waals surface area contributed by atoms with E-state index in [2.05, 4.69) is 20.4 Å². The molecule has 3 heterocycles. The molecule has 4 rings (SSSR count). The van der Waals surface area contributed by atoms with Crippen LogP contribution in [0.1, 0.15) is 15.9 Å². The van der Waals surface area contributed by atoms with Crippen LogP contribution in [0.4, 0.5) is 4.39 Å². The minimum absolute atomic E-state index is 0.311. The van der Waals surface area contributed by atoms with Gasteiger partial charge in [0.1, 0.15) is 11.5 Å². The summed E-state index contributed by atoms with van der Waals surface area (Å²) in [6, 6.07) is 9.87. The number of nitrogens with one attached hydrogen (secondary N) is 1. The van der Waals surface area contributed by atoms with Gasteiger partial charge < -0.3 is 0 Å². The van der Waals surface area contributed by atoms with Gasteiger partial charge in [0.05, 0.1) is 11.1 Å². The summed E-state index contributed by atoms with van der Waals surface area (Å²) in [5.74, 6) is -0.234. The SMILES string of the molecule is Cc1cn(NC(=O)c2cnc(-c3ccccn3)nc2)c2ccc(F)cc12. The van der Waals surface area contributed by atoms with E-state index in [9.17, 15) is 9.18 Å². The van der Waals surface area contributed by atoms with Gasteiger partial charge in [-0.3, -0.25) is 19.9 Å². The van der Waals surface area contributed by atoms with Gasteiger partial charge in [0.2, 0.25) is 0 Å². The maximum absolute atomic E-state index is 13.4. The normalized spacial score (nSPS) is 10.8. The van der Waals surface area contributed by atoms with Crippen LogP contribution in [0.15, 0.2) is 61.2 Å². The topological polar surface area (TPSA) is 72.7 Å². The molecule has 0 aliphatic carbocycles. The summed E-state index contributed by atoms with van der Waals surface area (Å²) in [6.45, 7) is 1.86. The zero-order valence-electron chi connectivity index (χ0n) is 13.8. The Hall–Kier alpha value is -3.61. The summed E-state index contributed by atoms with van der Waals surface area (Å²) in [6.07, 6.45) is 6.29. The second kappa shape index (κ2) is 6.36. The van der Waals surface area contributed by atoms with Crippen molar-refractivity contribution in [1.82, 2.24) is 19.6 Å². The van der Waals surface area contributed by atoms with Crippen LogP contribution in [0, 0.1) is 12.7 Å². The average Bonchev–Trinajstić information content (AvgIpc) is 2.97. The molecule has 0 fully saturated rings. The maximum Gasteiger partial charge on any atom is 0.273 e. The van der Waals surface area contributed by atoms with E-state index in [1.165, 1.54) is 24.5 Å². The van der Waals surface area contributed by atoms with Crippen molar-refractivity contribution in [1.29, 1.82) is 0 Å². The summed E-state index contributed by atoms with van der Waals surface area (Å²) in [5.41, 5.74) is 5.28. The lowest BCUT2D eigenvalue weighted by molar-refractivity contribution is 0.101. The van der Waals surface area contributed by atoms with E-state index in [1.807, 2.05) is 13.0 Å². The number of aromatic nitrogens is 4. The lowest BCUT2D eigenvalue weighted by Gasteiger charge is -2.08. The van der Waals surface area contributed by atoms with E-state index < -0.39 is 0 Å². The lowest BCUT2D eigenvalue weighted by Crippen LogP contribution is -2.22. The third kappa shape index (κ3) is 2.90.